The first kappa shape index (κ1) is 28.4. The SMILES string of the molecule is COc1ccc(CCN2CCC(Nc3ccc4c(c3)Cc3cccc(C5CN(c6ccc[nH]c6=O)CCO5)c3O4)CC2)cn1. The zero-order valence-electron chi connectivity index (χ0n) is 25.1. The number of hydrogen-bond acceptors (Lipinski definition) is 8. The molecule has 4 aromatic rings. The van der Waals surface area contributed by atoms with Crippen molar-refractivity contribution in [3.05, 3.63) is 106 Å². The van der Waals surface area contributed by atoms with Crippen LogP contribution in [0.2, 0.25) is 0 Å². The third-order valence-electron chi connectivity index (χ3n) is 9.01. The molecule has 2 aromatic heterocycles. The summed E-state index contributed by atoms with van der Waals surface area (Å²) in [5.74, 6) is 2.44. The monoisotopic (exact) mass is 593 g/mol. The normalized spacial score (nSPS) is 18.7. The van der Waals surface area contributed by atoms with E-state index in [0.29, 0.717) is 37.3 Å². The Morgan fingerprint density at radius 2 is 1.95 bits per heavy atom. The number of rotatable bonds is 8. The van der Waals surface area contributed by atoms with E-state index in [-0.39, 0.29) is 11.7 Å². The molecule has 9 heteroatoms. The Morgan fingerprint density at radius 1 is 1.05 bits per heavy atom. The smallest absolute Gasteiger partial charge is 0.271 e. The molecule has 1 unspecified atom stereocenters. The number of morpholine rings is 1. The van der Waals surface area contributed by atoms with Gasteiger partial charge in [-0.2, -0.15) is 0 Å². The molecule has 9 nitrogen and oxygen atoms in total. The van der Waals surface area contributed by atoms with Crippen LogP contribution in [0.4, 0.5) is 11.4 Å². The number of nitrogens with zero attached hydrogens (tertiary/aromatic N) is 3. The average Bonchev–Trinajstić information content (AvgIpc) is 3.07. The third-order valence-corrected chi connectivity index (χ3v) is 9.01. The fraction of sp³-hybridized carbons (Fsp3) is 0.371. The van der Waals surface area contributed by atoms with Crippen molar-refractivity contribution in [2.24, 2.45) is 0 Å². The van der Waals surface area contributed by atoms with Gasteiger partial charge in [0.1, 0.15) is 23.3 Å². The first-order valence-electron chi connectivity index (χ1n) is 15.6. The van der Waals surface area contributed by atoms with Crippen LogP contribution in [0.25, 0.3) is 0 Å². The molecule has 1 atom stereocenters. The lowest BCUT2D eigenvalue weighted by atomic mass is 9.95. The molecule has 2 fully saturated rings. The molecular formula is C35H39N5O4. The number of H-pyrrole nitrogens is 1. The molecular weight excluding hydrogens is 554 g/mol. The highest BCUT2D eigenvalue weighted by atomic mass is 16.5. The quantitative estimate of drug-likeness (QED) is 0.255. The summed E-state index contributed by atoms with van der Waals surface area (Å²) in [5.41, 5.74) is 6.36. The summed E-state index contributed by atoms with van der Waals surface area (Å²) < 4.78 is 17.9. The third kappa shape index (κ3) is 6.16. The maximum atomic E-state index is 12.4. The second kappa shape index (κ2) is 12.7. The van der Waals surface area contributed by atoms with Crippen molar-refractivity contribution in [3.63, 3.8) is 0 Å². The predicted molar refractivity (Wildman–Crippen MR) is 171 cm³/mol. The number of nitrogens with one attached hydrogen (secondary N) is 2. The summed E-state index contributed by atoms with van der Waals surface area (Å²) in [7, 11) is 1.65. The Balaban J connectivity index is 0.961. The van der Waals surface area contributed by atoms with Gasteiger partial charge >= 0.3 is 0 Å². The van der Waals surface area contributed by atoms with Crippen LogP contribution in [0.15, 0.2) is 77.9 Å². The van der Waals surface area contributed by atoms with Crippen molar-refractivity contribution in [2.45, 2.75) is 37.8 Å². The number of ether oxygens (including phenoxy) is 3. The fourth-order valence-corrected chi connectivity index (χ4v) is 6.57. The number of aromatic nitrogens is 2. The first-order valence-corrected chi connectivity index (χ1v) is 15.6. The van der Waals surface area contributed by atoms with Crippen LogP contribution in [0.1, 0.15) is 41.2 Å². The van der Waals surface area contributed by atoms with Crippen molar-refractivity contribution in [2.75, 3.05) is 56.7 Å². The highest BCUT2D eigenvalue weighted by Crippen LogP contribution is 2.43. The number of pyridine rings is 2. The summed E-state index contributed by atoms with van der Waals surface area (Å²) in [6.45, 7) is 5.05. The minimum Gasteiger partial charge on any atom is -0.481 e. The first-order chi connectivity index (χ1) is 21.6. The molecule has 0 amide bonds. The molecule has 0 saturated carbocycles. The topological polar surface area (TPSA) is 92.0 Å². The number of likely N-dealkylation sites (tertiary alicyclic amines) is 1. The van der Waals surface area contributed by atoms with Gasteiger partial charge in [0.2, 0.25) is 5.88 Å². The zero-order chi connectivity index (χ0) is 29.9. The molecule has 0 aliphatic carbocycles. The Morgan fingerprint density at radius 3 is 2.77 bits per heavy atom. The van der Waals surface area contributed by atoms with Gasteiger partial charge in [-0.1, -0.05) is 24.3 Å². The summed E-state index contributed by atoms with van der Waals surface area (Å²) in [5, 5.41) is 3.79. The van der Waals surface area contributed by atoms with Gasteiger partial charge in [0.25, 0.3) is 5.56 Å². The lowest BCUT2D eigenvalue weighted by molar-refractivity contribution is 0.0383. The van der Waals surface area contributed by atoms with Gasteiger partial charge in [-0.15, -0.1) is 0 Å². The minimum absolute atomic E-state index is 0.0779. The van der Waals surface area contributed by atoms with Crippen molar-refractivity contribution in [1.82, 2.24) is 14.9 Å². The minimum atomic E-state index is -0.181. The number of para-hydroxylation sites is 1. The summed E-state index contributed by atoms with van der Waals surface area (Å²) in [4.78, 5) is 24.2. The number of fused-ring (bicyclic) bond motifs is 2. The Labute approximate surface area is 257 Å². The van der Waals surface area contributed by atoms with E-state index in [9.17, 15) is 4.79 Å². The van der Waals surface area contributed by atoms with Crippen LogP contribution in [0, 0.1) is 0 Å². The van der Waals surface area contributed by atoms with Crippen molar-refractivity contribution in [1.29, 1.82) is 0 Å². The van der Waals surface area contributed by atoms with Gasteiger partial charge in [0.15, 0.2) is 0 Å². The van der Waals surface area contributed by atoms with Crippen LogP contribution in [-0.4, -0.2) is 67.4 Å². The van der Waals surface area contributed by atoms with Gasteiger partial charge in [0.05, 0.1) is 13.7 Å². The maximum absolute atomic E-state index is 12.4. The van der Waals surface area contributed by atoms with E-state index in [0.717, 1.165) is 73.6 Å². The van der Waals surface area contributed by atoms with Crippen LogP contribution < -0.4 is 25.2 Å². The number of benzene rings is 2. The Hall–Kier alpha value is -4.34. The Bertz CT molecular complexity index is 1650. The molecule has 3 aliphatic rings. The Kier molecular flexibility index (Phi) is 8.22. The molecule has 3 aliphatic heterocycles. The van der Waals surface area contributed by atoms with Gasteiger partial charge in [-0.25, -0.2) is 4.98 Å². The molecule has 2 N–H and O–H groups in total. The molecule has 0 bridgehead atoms. The van der Waals surface area contributed by atoms with Gasteiger partial charge < -0.3 is 34.3 Å². The van der Waals surface area contributed by atoms with Crippen LogP contribution >= 0.6 is 0 Å². The number of anilines is 2. The molecule has 2 aromatic carbocycles. The largest absolute Gasteiger partial charge is 0.481 e. The fourth-order valence-electron chi connectivity index (χ4n) is 6.57. The molecule has 228 valence electrons. The molecule has 7 rings (SSSR count). The number of methoxy groups -OCH3 is 1. The van der Waals surface area contributed by atoms with Gasteiger partial charge in [-0.3, -0.25) is 4.79 Å². The molecule has 44 heavy (non-hydrogen) atoms. The lowest BCUT2D eigenvalue weighted by Gasteiger charge is -2.35. The summed E-state index contributed by atoms with van der Waals surface area (Å²) in [6, 6.07) is 21.0. The zero-order valence-corrected chi connectivity index (χ0v) is 25.1. The number of aromatic amines is 1. The van der Waals surface area contributed by atoms with E-state index in [1.807, 2.05) is 24.4 Å². The predicted octanol–water partition coefficient (Wildman–Crippen LogP) is 5.17. The van der Waals surface area contributed by atoms with Gasteiger partial charge in [0, 0.05) is 80.5 Å². The average molecular weight is 594 g/mol. The summed E-state index contributed by atoms with van der Waals surface area (Å²) >= 11 is 0. The second-order valence-corrected chi connectivity index (χ2v) is 11.8. The number of piperidine rings is 1. The van der Waals surface area contributed by atoms with E-state index in [1.54, 1.807) is 13.3 Å². The highest BCUT2D eigenvalue weighted by molar-refractivity contribution is 5.59. The second-order valence-electron chi connectivity index (χ2n) is 11.8. The van der Waals surface area contributed by atoms with E-state index in [4.69, 9.17) is 14.2 Å². The van der Waals surface area contributed by atoms with Crippen molar-refractivity contribution < 1.29 is 14.2 Å². The number of hydrogen-bond donors (Lipinski definition) is 2. The van der Waals surface area contributed by atoms with Crippen LogP contribution in [0.5, 0.6) is 17.4 Å². The van der Waals surface area contributed by atoms with Crippen LogP contribution in [0.3, 0.4) is 0 Å². The molecule has 0 spiro atoms. The summed E-state index contributed by atoms with van der Waals surface area (Å²) in [6.07, 6.45) is 7.44. The van der Waals surface area contributed by atoms with Crippen molar-refractivity contribution >= 4 is 11.4 Å². The molecule has 5 heterocycles. The van der Waals surface area contributed by atoms with Gasteiger partial charge in [-0.05, 0) is 60.7 Å². The maximum Gasteiger partial charge on any atom is 0.271 e. The van der Waals surface area contributed by atoms with E-state index in [1.165, 1.54) is 11.1 Å². The highest BCUT2D eigenvalue weighted by Gasteiger charge is 2.29. The van der Waals surface area contributed by atoms with Crippen LogP contribution in [-0.2, 0) is 17.6 Å². The van der Waals surface area contributed by atoms with Crippen molar-refractivity contribution in [3.8, 4) is 17.4 Å². The van der Waals surface area contributed by atoms with E-state index in [2.05, 4.69) is 67.5 Å². The van der Waals surface area contributed by atoms with E-state index < -0.39 is 0 Å². The molecule has 2 saturated heterocycles. The standard InChI is InChI=1S/C35H39N5O4/c1-42-33-10-7-24(22-37-33)11-15-39-16-12-27(13-17-39)38-28-8-9-31-26(21-28)20-25-4-2-5-29(34(25)44-31)32-23-40(18-19-43-32)30-6-3-14-36-35(30)41/h2-10,14,21-22,27,32,38H,11-13,15-20,23H2,1H3,(H,36,41). The molecule has 0 radical (unpaired) electrons. The van der Waals surface area contributed by atoms with E-state index >= 15 is 0 Å². The lowest BCUT2D eigenvalue weighted by Crippen LogP contribution is -2.41.